The molecule has 1 aromatic carbocycles. The van der Waals surface area contributed by atoms with E-state index in [9.17, 15) is 17.6 Å². The standard InChI is InChI=1S/C13H15FN2O3S/c1-2-3-4-5-6-13(17)16-12-8-7-10(9-11(12)14)20(15,18)19/h1,7-9H,3-6H2,(H,16,17)(H2,15,18,19). The molecular formula is C13H15FN2O3S. The summed E-state index contributed by atoms with van der Waals surface area (Å²) in [7, 11) is -3.96. The molecule has 0 radical (unpaired) electrons. The number of rotatable bonds is 6. The lowest BCUT2D eigenvalue weighted by molar-refractivity contribution is -0.116. The van der Waals surface area contributed by atoms with Crippen LogP contribution in [0.2, 0.25) is 0 Å². The Balaban J connectivity index is 2.65. The first-order valence-corrected chi connectivity index (χ1v) is 7.45. The highest BCUT2D eigenvalue weighted by atomic mass is 32.2. The number of nitrogens with two attached hydrogens (primary N) is 1. The fraction of sp³-hybridized carbons (Fsp3) is 0.308. The molecule has 1 amide bonds. The van der Waals surface area contributed by atoms with Crippen molar-refractivity contribution in [1.82, 2.24) is 0 Å². The van der Waals surface area contributed by atoms with Gasteiger partial charge < -0.3 is 5.32 Å². The molecule has 20 heavy (non-hydrogen) atoms. The molecule has 0 atom stereocenters. The van der Waals surface area contributed by atoms with Crippen LogP contribution in [0.4, 0.5) is 10.1 Å². The number of hydrogen-bond donors (Lipinski definition) is 2. The molecule has 108 valence electrons. The zero-order chi connectivity index (χ0) is 15.2. The molecule has 0 fully saturated rings. The van der Waals surface area contributed by atoms with Crippen molar-refractivity contribution >= 4 is 21.6 Å². The average molecular weight is 298 g/mol. The van der Waals surface area contributed by atoms with Crippen LogP contribution in [0, 0.1) is 18.2 Å². The summed E-state index contributed by atoms with van der Waals surface area (Å²) < 4.78 is 35.7. The number of hydrogen-bond acceptors (Lipinski definition) is 3. The Hall–Kier alpha value is -1.91. The molecule has 0 saturated heterocycles. The van der Waals surface area contributed by atoms with Crippen molar-refractivity contribution < 1.29 is 17.6 Å². The maximum atomic E-state index is 13.6. The second kappa shape index (κ2) is 7.03. The highest BCUT2D eigenvalue weighted by molar-refractivity contribution is 7.89. The van der Waals surface area contributed by atoms with Gasteiger partial charge in [0.1, 0.15) is 5.82 Å². The Morgan fingerprint density at radius 2 is 2.10 bits per heavy atom. The van der Waals surface area contributed by atoms with E-state index >= 15 is 0 Å². The van der Waals surface area contributed by atoms with Crippen molar-refractivity contribution in [3.63, 3.8) is 0 Å². The van der Waals surface area contributed by atoms with Gasteiger partial charge in [0.2, 0.25) is 15.9 Å². The van der Waals surface area contributed by atoms with Gasteiger partial charge in [-0.2, -0.15) is 0 Å². The van der Waals surface area contributed by atoms with Gasteiger partial charge in [0, 0.05) is 12.8 Å². The summed E-state index contributed by atoms with van der Waals surface area (Å²) in [6, 6.07) is 3.06. The highest BCUT2D eigenvalue weighted by Crippen LogP contribution is 2.18. The third-order valence-electron chi connectivity index (χ3n) is 2.52. The Labute approximate surface area is 117 Å². The number of nitrogens with one attached hydrogen (secondary N) is 1. The first-order chi connectivity index (χ1) is 9.34. The van der Waals surface area contributed by atoms with Gasteiger partial charge in [-0.3, -0.25) is 4.79 Å². The summed E-state index contributed by atoms with van der Waals surface area (Å²) in [6.07, 6.45) is 7.21. The van der Waals surface area contributed by atoms with E-state index in [1.54, 1.807) is 0 Å². The Morgan fingerprint density at radius 1 is 1.40 bits per heavy atom. The molecule has 1 rings (SSSR count). The van der Waals surface area contributed by atoms with Crippen molar-refractivity contribution in [2.45, 2.75) is 30.6 Å². The predicted molar refractivity (Wildman–Crippen MR) is 73.7 cm³/mol. The lowest BCUT2D eigenvalue weighted by Crippen LogP contribution is -2.15. The number of sulfonamides is 1. The van der Waals surface area contributed by atoms with Crippen LogP contribution >= 0.6 is 0 Å². The summed E-state index contributed by atoms with van der Waals surface area (Å²) in [5.41, 5.74) is -0.0839. The number of terminal acetylenes is 1. The normalized spacial score (nSPS) is 10.8. The van der Waals surface area contributed by atoms with Crippen LogP contribution in [0.25, 0.3) is 0 Å². The second-order valence-electron chi connectivity index (χ2n) is 4.15. The van der Waals surface area contributed by atoms with E-state index in [1.165, 1.54) is 0 Å². The van der Waals surface area contributed by atoms with Gasteiger partial charge in [-0.1, -0.05) is 0 Å². The second-order valence-corrected chi connectivity index (χ2v) is 5.71. The summed E-state index contributed by atoms with van der Waals surface area (Å²) in [5.74, 6) is 1.25. The van der Waals surface area contributed by atoms with Crippen molar-refractivity contribution in [3.05, 3.63) is 24.0 Å². The number of anilines is 1. The molecule has 0 aliphatic rings. The van der Waals surface area contributed by atoms with E-state index in [0.717, 1.165) is 24.6 Å². The van der Waals surface area contributed by atoms with Gasteiger partial charge >= 0.3 is 0 Å². The minimum Gasteiger partial charge on any atom is -0.324 e. The number of benzene rings is 1. The van der Waals surface area contributed by atoms with Crippen LogP contribution in [-0.2, 0) is 14.8 Å². The molecule has 3 N–H and O–H groups in total. The maximum absolute atomic E-state index is 13.6. The van der Waals surface area contributed by atoms with Crippen LogP contribution in [0.15, 0.2) is 23.1 Å². The van der Waals surface area contributed by atoms with Crippen LogP contribution in [0.3, 0.4) is 0 Å². The van der Waals surface area contributed by atoms with Crippen LogP contribution < -0.4 is 10.5 Å². The highest BCUT2D eigenvalue weighted by Gasteiger charge is 2.12. The van der Waals surface area contributed by atoms with E-state index < -0.39 is 15.8 Å². The molecule has 7 heteroatoms. The Kier molecular flexibility index (Phi) is 5.67. The Bertz CT molecular complexity index is 636. The van der Waals surface area contributed by atoms with E-state index in [4.69, 9.17) is 11.6 Å². The van der Waals surface area contributed by atoms with E-state index in [1.807, 2.05) is 0 Å². The van der Waals surface area contributed by atoms with Gasteiger partial charge in [0.15, 0.2) is 0 Å². The maximum Gasteiger partial charge on any atom is 0.238 e. The summed E-state index contributed by atoms with van der Waals surface area (Å²) in [5, 5.41) is 7.24. The molecule has 0 spiro atoms. The predicted octanol–water partition coefficient (Wildman–Crippen LogP) is 1.61. The van der Waals surface area contributed by atoms with Gasteiger partial charge in [-0.25, -0.2) is 17.9 Å². The molecule has 0 aromatic heterocycles. The summed E-state index contributed by atoms with van der Waals surface area (Å²) in [4.78, 5) is 11.2. The van der Waals surface area contributed by atoms with Crippen LogP contribution in [0.5, 0.6) is 0 Å². The lowest BCUT2D eigenvalue weighted by Gasteiger charge is -2.07. The van der Waals surface area contributed by atoms with Gasteiger partial charge in [-0.05, 0) is 31.0 Å². The van der Waals surface area contributed by atoms with E-state index in [-0.39, 0.29) is 22.9 Å². The van der Waals surface area contributed by atoms with Crippen molar-refractivity contribution in [2.75, 3.05) is 5.32 Å². The van der Waals surface area contributed by atoms with Crippen LogP contribution in [0.1, 0.15) is 25.7 Å². The number of carbonyl (C=O) groups is 1. The summed E-state index contributed by atoms with van der Waals surface area (Å²) >= 11 is 0. The van der Waals surface area contributed by atoms with Crippen molar-refractivity contribution in [3.8, 4) is 12.3 Å². The molecular weight excluding hydrogens is 283 g/mol. The molecule has 0 aliphatic carbocycles. The molecule has 0 saturated carbocycles. The monoisotopic (exact) mass is 298 g/mol. The third kappa shape index (κ3) is 4.99. The van der Waals surface area contributed by atoms with Crippen LogP contribution in [-0.4, -0.2) is 14.3 Å². The number of unbranched alkanes of at least 4 members (excludes halogenated alkanes) is 2. The fourth-order valence-electron chi connectivity index (χ4n) is 1.50. The molecule has 0 aliphatic heterocycles. The quantitative estimate of drug-likeness (QED) is 0.617. The Morgan fingerprint density at radius 3 is 2.65 bits per heavy atom. The average Bonchev–Trinajstić information content (AvgIpc) is 2.36. The zero-order valence-corrected chi connectivity index (χ0v) is 11.5. The topological polar surface area (TPSA) is 89.3 Å². The smallest absolute Gasteiger partial charge is 0.238 e. The number of carbonyl (C=O) groups excluding carboxylic acids is 1. The number of primary sulfonamides is 1. The summed E-state index contributed by atoms with van der Waals surface area (Å²) in [6.45, 7) is 0. The van der Waals surface area contributed by atoms with E-state index in [0.29, 0.717) is 12.8 Å². The number of halogens is 1. The van der Waals surface area contributed by atoms with Crippen molar-refractivity contribution in [1.29, 1.82) is 0 Å². The first kappa shape index (κ1) is 16.1. The minimum atomic E-state index is -3.96. The lowest BCUT2D eigenvalue weighted by atomic mass is 10.2. The molecule has 0 bridgehead atoms. The minimum absolute atomic E-state index is 0.0839. The number of amides is 1. The van der Waals surface area contributed by atoms with E-state index in [2.05, 4.69) is 11.2 Å². The largest absolute Gasteiger partial charge is 0.324 e. The SMILES string of the molecule is C#CCCCCC(=O)Nc1ccc(S(N)(=O)=O)cc1F. The first-order valence-electron chi connectivity index (χ1n) is 5.90. The van der Waals surface area contributed by atoms with Gasteiger partial charge in [0.25, 0.3) is 0 Å². The third-order valence-corrected chi connectivity index (χ3v) is 3.43. The molecule has 5 nitrogen and oxygen atoms in total. The van der Waals surface area contributed by atoms with Crippen molar-refractivity contribution in [2.24, 2.45) is 5.14 Å². The van der Waals surface area contributed by atoms with Gasteiger partial charge in [0.05, 0.1) is 10.6 Å². The zero-order valence-electron chi connectivity index (χ0n) is 10.7. The molecule has 0 unspecified atom stereocenters. The molecule has 0 heterocycles. The van der Waals surface area contributed by atoms with Gasteiger partial charge in [-0.15, -0.1) is 12.3 Å². The molecule has 1 aromatic rings. The fourth-order valence-corrected chi connectivity index (χ4v) is 2.02.